The van der Waals surface area contributed by atoms with Crippen molar-refractivity contribution in [3.8, 4) is 0 Å². The predicted octanol–water partition coefficient (Wildman–Crippen LogP) is 1.87. The van der Waals surface area contributed by atoms with Crippen LogP contribution in [0.5, 0.6) is 0 Å². The van der Waals surface area contributed by atoms with Gasteiger partial charge in [0.25, 0.3) is 5.91 Å². The lowest BCUT2D eigenvalue weighted by atomic mass is 10.1. The molecule has 3 N–H and O–H groups in total. The maximum absolute atomic E-state index is 12.9. The summed E-state index contributed by atoms with van der Waals surface area (Å²) in [5.41, 5.74) is 2.29. The molecule has 1 amide bonds. The van der Waals surface area contributed by atoms with Crippen molar-refractivity contribution in [3.05, 3.63) is 59.2 Å². The van der Waals surface area contributed by atoms with Crippen LogP contribution in [-0.2, 0) is 0 Å². The zero-order valence-corrected chi connectivity index (χ0v) is 12.4. The Bertz CT molecular complexity index is 845. The lowest BCUT2D eigenvalue weighted by molar-refractivity contribution is 0.0916. The molecule has 0 aliphatic rings. The summed E-state index contributed by atoms with van der Waals surface area (Å²) in [5.74, 6) is -0.721. The Kier molecular flexibility index (Phi) is 4.03. The van der Waals surface area contributed by atoms with Gasteiger partial charge in [0, 0.05) is 23.8 Å². The third-order valence-corrected chi connectivity index (χ3v) is 3.57. The summed E-state index contributed by atoms with van der Waals surface area (Å²) in [4.78, 5) is 16.3. The molecule has 3 aromatic rings. The second-order valence-corrected chi connectivity index (χ2v) is 5.22. The largest absolute Gasteiger partial charge is 0.387 e. The van der Waals surface area contributed by atoms with Crippen LogP contribution in [0.2, 0.25) is 0 Å². The zero-order valence-electron chi connectivity index (χ0n) is 12.4. The van der Waals surface area contributed by atoms with Gasteiger partial charge < -0.3 is 10.4 Å². The molecule has 1 aromatic carbocycles. The summed E-state index contributed by atoms with van der Waals surface area (Å²) in [5, 5.41) is 20.2. The van der Waals surface area contributed by atoms with Crippen molar-refractivity contribution < 1.29 is 14.3 Å². The van der Waals surface area contributed by atoms with Crippen LogP contribution < -0.4 is 5.32 Å². The summed E-state index contributed by atoms with van der Waals surface area (Å²) in [6.45, 7) is 1.86. The Labute approximate surface area is 131 Å². The second kappa shape index (κ2) is 6.13. The number of nitrogens with one attached hydrogen (secondary N) is 2. The minimum Gasteiger partial charge on any atom is -0.387 e. The average Bonchev–Trinajstić information content (AvgIpc) is 2.93. The monoisotopic (exact) mass is 314 g/mol. The number of rotatable bonds is 4. The van der Waals surface area contributed by atoms with Gasteiger partial charge in [0.05, 0.1) is 11.7 Å². The van der Waals surface area contributed by atoms with E-state index in [4.69, 9.17) is 0 Å². The number of halogens is 1. The number of amides is 1. The predicted molar refractivity (Wildman–Crippen MR) is 82.3 cm³/mol. The van der Waals surface area contributed by atoms with E-state index >= 15 is 0 Å². The first-order chi connectivity index (χ1) is 11.0. The van der Waals surface area contributed by atoms with E-state index in [1.165, 1.54) is 30.5 Å². The van der Waals surface area contributed by atoms with Crippen LogP contribution in [-0.4, -0.2) is 32.7 Å². The molecule has 2 heterocycles. The number of aliphatic hydroxyl groups excluding tert-OH is 1. The van der Waals surface area contributed by atoms with Gasteiger partial charge in [0.15, 0.2) is 5.65 Å². The first-order valence-electron chi connectivity index (χ1n) is 7.07. The van der Waals surface area contributed by atoms with Crippen LogP contribution in [0.3, 0.4) is 0 Å². The zero-order chi connectivity index (χ0) is 16.4. The number of carbonyl (C=O) groups excluding carboxylic acids is 1. The minimum atomic E-state index is -0.910. The number of aromatic nitrogens is 3. The summed E-state index contributed by atoms with van der Waals surface area (Å²) in [6, 6.07) is 7.18. The van der Waals surface area contributed by atoms with Crippen LogP contribution in [0.1, 0.15) is 27.7 Å². The number of fused-ring (bicyclic) bond motifs is 1. The van der Waals surface area contributed by atoms with Crippen molar-refractivity contribution in [2.24, 2.45) is 0 Å². The highest BCUT2D eigenvalue weighted by atomic mass is 19.1. The van der Waals surface area contributed by atoms with Crippen LogP contribution >= 0.6 is 0 Å². The van der Waals surface area contributed by atoms with E-state index in [1.807, 2.05) is 6.92 Å². The molecule has 23 heavy (non-hydrogen) atoms. The van der Waals surface area contributed by atoms with Gasteiger partial charge >= 0.3 is 0 Å². The van der Waals surface area contributed by atoms with Crippen LogP contribution in [0.15, 0.2) is 36.5 Å². The van der Waals surface area contributed by atoms with E-state index in [1.54, 1.807) is 6.07 Å². The number of pyridine rings is 1. The van der Waals surface area contributed by atoms with Gasteiger partial charge in [-0.05, 0) is 30.7 Å². The molecule has 0 saturated heterocycles. The molecular weight excluding hydrogens is 299 g/mol. The molecule has 7 heteroatoms. The highest BCUT2D eigenvalue weighted by Crippen LogP contribution is 2.15. The molecule has 118 valence electrons. The molecular formula is C16H15FN4O2. The molecule has 6 nitrogen and oxygen atoms in total. The number of hydrogen-bond acceptors (Lipinski definition) is 4. The molecule has 0 spiro atoms. The molecule has 0 saturated carbocycles. The number of hydrogen-bond donors (Lipinski definition) is 3. The summed E-state index contributed by atoms with van der Waals surface area (Å²) in [7, 11) is 0. The molecule has 1 unspecified atom stereocenters. The number of H-pyrrole nitrogens is 1. The number of aromatic amines is 1. The second-order valence-electron chi connectivity index (χ2n) is 5.22. The highest BCUT2D eigenvalue weighted by molar-refractivity contribution is 5.97. The van der Waals surface area contributed by atoms with Gasteiger partial charge in [0.1, 0.15) is 5.82 Å². The Hall–Kier alpha value is -2.80. The van der Waals surface area contributed by atoms with Crippen molar-refractivity contribution in [2.75, 3.05) is 6.54 Å². The van der Waals surface area contributed by atoms with E-state index in [9.17, 15) is 14.3 Å². The van der Waals surface area contributed by atoms with E-state index in [0.717, 1.165) is 11.1 Å². The lowest BCUT2D eigenvalue weighted by Crippen LogP contribution is -2.28. The minimum absolute atomic E-state index is 0.0207. The van der Waals surface area contributed by atoms with Crippen molar-refractivity contribution >= 4 is 16.9 Å². The molecule has 1 atom stereocenters. The number of benzene rings is 1. The maximum atomic E-state index is 12.9. The lowest BCUT2D eigenvalue weighted by Gasteiger charge is -2.12. The quantitative estimate of drug-likeness (QED) is 0.685. The van der Waals surface area contributed by atoms with E-state index in [-0.39, 0.29) is 18.3 Å². The fourth-order valence-electron chi connectivity index (χ4n) is 2.24. The van der Waals surface area contributed by atoms with Gasteiger partial charge in [-0.1, -0.05) is 12.1 Å². The number of nitrogens with zero attached hydrogens (tertiary/aromatic N) is 2. The fourth-order valence-corrected chi connectivity index (χ4v) is 2.24. The van der Waals surface area contributed by atoms with Crippen LogP contribution in [0.25, 0.3) is 11.0 Å². The molecule has 0 fully saturated rings. The number of carbonyl (C=O) groups is 1. The fraction of sp³-hybridized carbons (Fsp3) is 0.188. The first kappa shape index (κ1) is 15.1. The first-order valence-corrected chi connectivity index (χ1v) is 7.07. The van der Waals surface area contributed by atoms with Gasteiger partial charge in [-0.25, -0.2) is 9.37 Å². The van der Waals surface area contributed by atoms with E-state index in [2.05, 4.69) is 20.5 Å². The molecule has 0 radical (unpaired) electrons. The van der Waals surface area contributed by atoms with Crippen molar-refractivity contribution in [1.82, 2.24) is 20.5 Å². The van der Waals surface area contributed by atoms with Crippen molar-refractivity contribution in [3.63, 3.8) is 0 Å². The Morgan fingerprint density at radius 1 is 1.39 bits per heavy atom. The Balaban J connectivity index is 1.68. The van der Waals surface area contributed by atoms with Crippen LogP contribution in [0.4, 0.5) is 4.39 Å². The normalized spacial score (nSPS) is 12.3. The van der Waals surface area contributed by atoms with Crippen LogP contribution in [0, 0.1) is 12.7 Å². The van der Waals surface area contributed by atoms with Gasteiger partial charge in [0.2, 0.25) is 0 Å². The number of aliphatic hydroxyl groups is 1. The van der Waals surface area contributed by atoms with Crippen molar-refractivity contribution in [1.29, 1.82) is 0 Å². The Morgan fingerprint density at radius 3 is 2.87 bits per heavy atom. The van der Waals surface area contributed by atoms with Gasteiger partial charge in [-0.15, -0.1) is 0 Å². The maximum Gasteiger partial charge on any atom is 0.252 e. The standard InChI is InChI=1S/C16H15FN4O2/c1-9-13-6-11(7-18-15(13)21-20-9)16(23)19-8-14(22)10-2-4-12(17)5-3-10/h2-7,14,22H,8H2,1H3,(H,19,23)(H,18,20,21). The van der Waals surface area contributed by atoms with Crippen molar-refractivity contribution in [2.45, 2.75) is 13.0 Å². The third kappa shape index (κ3) is 3.19. The number of aryl methyl sites for hydroxylation is 1. The highest BCUT2D eigenvalue weighted by Gasteiger charge is 2.13. The molecule has 0 aliphatic carbocycles. The molecule has 0 aliphatic heterocycles. The third-order valence-electron chi connectivity index (χ3n) is 3.57. The summed E-state index contributed by atoms with van der Waals surface area (Å²) in [6.07, 6.45) is 0.522. The Morgan fingerprint density at radius 2 is 2.13 bits per heavy atom. The smallest absolute Gasteiger partial charge is 0.252 e. The summed E-state index contributed by atoms with van der Waals surface area (Å²) < 4.78 is 12.9. The molecule has 0 bridgehead atoms. The molecule has 3 rings (SSSR count). The average molecular weight is 314 g/mol. The molecule has 2 aromatic heterocycles. The van der Waals surface area contributed by atoms with E-state index in [0.29, 0.717) is 16.8 Å². The van der Waals surface area contributed by atoms with E-state index < -0.39 is 6.10 Å². The van der Waals surface area contributed by atoms with Gasteiger partial charge in [-0.3, -0.25) is 9.89 Å². The van der Waals surface area contributed by atoms with Gasteiger partial charge in [-0.2, -0.15) is 5.10 Å². The SMILES string of the molecule is Cc1[nH]nc2ncc(C(=O)NCC(O)c3ccc(F)cc3)cc12. The topological polar surface area (TPSA) is 90.9 Å². The summed E-state index contributed by atoms with van der Waals surface area (Å²) >= 11 is 0.